The quantitative estimate of drug-likeness (QED) is 0.674. The lowest BCUT2D eigenvalue weighted by Crippen LogP contribution is -2.12. The molecule has 0 amide bonds. The smallest absolute Gasteiger partial charge is 0.254 e. The fourth-order valence-corrected chi connectivity index (χ4v) is 1.67. The van der Waals surface area contributed by atoms with Crippen molar-refractivity contribution in [1.82, 2.24) is 40.2 Å². The van der Waals surface area contributed by atoms with Gasteiger partial charge in [0.15, 0.2) is 5.82 Å². The molecule has 0 saturated carbocycles. The zero-order chi connectivity index (χ0) is 12.5. The molecule has 0 spiro atoms. The Labute approximate surface area is 102 Å². The summed E-state index contributed by atoms with van der Waals surface area (Å²) in [4.78, 5) is 8.33. The zero-order valence-electron chi connectivity index (χ0n) is 9.86. The SMILES string of the molecule is Cc1cc(NC(C)c2nn[nH]n2)n2ncnc2n1. The summed E-state index contributed by atoms with van der Waals surface area (Å²) in [6.07, 6.45) is 1.46. The second kappa shape index (κ2) is 4.02. The number of nitrogens with zero attached hydrogens (tertiary/aromatic N) is 7. The summed E-state index contributed by atoms with van der Waals surface area (Å²) in [5, 5.41) is 21.2. The number of anilines is 1. The summed E-state index contributed by atoms with van der Waals surface area (Å²) in [6.45, 7) is 3.84. The van der Waals surface area contributed by atoms with Gasteiger partial charge in [-0.15, -0.1) is 10.2 Å². The predicted octanol–water partition coefficient (Wildman–Crippen LogP) is 0.119. The Hall–Kier alpha value is -2.58. The normalized spacial score (nSPS) is 12.8. The van der Waals surface area contributed by atoms with Gasteiger partial charge in [0.2, 0.25) is 0 Å². The molecule has 92 valence electrons. The lowest BCUT2D eigenvalue weighted by atomic mass is 10.3. The van der Waals surface area contributed by atoms with Gasteiger partial charge in [0.1, 0.15) is 12.1 Å². The number of aryl methyl sites for hydroxylation is 1. The van der Waals surface area contributed by atoms with Crippen LogP contribution in [0, 0.1) is 6.92 Å². The van der Waals surface area contributed by atoms with Crippen LogP contribution in [-0.4, -0.2) is 40.2 Å². The highest BCUT2D eigenvalue weighted by molar-refractivity contribution is 5.45. The van der Waals surface area contributed by atoms with Crippen LogP contribution in [0.15, 0.2) is 12.4 Å². The van der Waals surface area contributed by atoms with Gasteiger partial charge >= 0.3 is 0 Å². The molecule has 0 aliphatic heterocycles. The van der Waals surface area contributed by atoms with Crippen molar-refractivity contribution in [3.05, 3.63) is 23.9 Å². The van der Waals surface area contributed by atoms with Crippen LogP contribution in [0.5, 0.6) is 0 Å². The van der Waals surface area contributed by atoms with E-state index in [2.05, 4.69) is 41.0 Å². The van der Waals surface area contributed by atoms with Gasteiger partial charge in [0, 0.05) is 11.8 Å². The van der Waals surface area contributed by atoms with E-state index in [1.807, 2.05) is 19.9 Å². The van der Waals surface area contributed by atoms with Crippen molar-refractivity contribution in [3.8, 4) is 0 Å². The third-order valence-electron chi connectivity index (χ3n) is 2.49. The first kappa shape index (κ1) is 10.6. The molecule has 9 heteroatoms. The first-order chi connectivity index (χ1) is 8.74. The van der Waals surface area contributed by atoms with Gasteiger partial charge in [0.05, 0.1) is 6.04 Å². The molecule has 0 bridgehead atoms. The Morgan fingerprint density at radius 1 is 1.44 bits per heavy atom. The summed E-state index contributed by atoms with van der Waals surface area (Å²) in [5.74, 6) is 1.92. The average molecular weight is 245 g/mol. The van der Waals surface area contributed by atoms with Gasteiger partial charge in [-0.2, -0.15) is 19.8 Å². The van der Waals surface area contributed by atoms with Crippen LogP contribution in [0.3, 0.4) is 0 Å². The highest BCUT2D eigenvalue weighted by Crippen LogP contribution is 2.16. The lowest BCUT2D eigenvalue weighted by Gasteiger charge is -2.12. The molecule has 1 atom stereocenters. The van der Waals surface area contributed by atoms with Crippen LogP contribution in [0.1, 0.15) is 24.5 Å². The highest BCUT2D eigenvalue weighted by Gasteiger charge is 2.13. The fraction of sp³-hybridized carbons (Fsp3) is 0.333. The van der Waals surface area contributed by atoms with Crippen LogP contribution < -0.4 is 5.32 Å². The first-order valence-electron chi connectivity index (χ1n) is 5.41. The summed E-state index contributed by atoms with van der Waals surface area (Å²) >= 11 is 0. The Balaban J connectivity index is 1.97. The number of aromatic amines is 1. The molecule has 3 heterocycles. The van der Waals surface area contributed by atoms with Crippen molar-refractivity contribution in [3.63, 3.8) is 0 Å². The van der Waals surface area contributed by atoms with Gasteiger partial charge in [-0.25, -0.2) is 4.98 Å². The van der Waals surface area contributed by atoms with Gasteiger partial charge in [-0.05, 0) is 13.8 Å². The maximum absolute atomic E-state index is 4.27. The number of tetrazole rings is 1. The van der Waals surface area contributed by atoms with Crippen molar-refractivity contribution in [2.45, 2.75) is 19.9 Å². The molecule has 2 N–H and O–H groups in total. The predicted molar refractivity (Wildman–Crippen MR) is 61.7 cm³/mol. The Bertz CT molecular complexity index is 656. The molecule has 0 aliphatic rings. The number of fused-ring (bicyclic) bond motifs is 1. The molecule has 0 aliphatic carbocycles. The molecular formula is C9H11N9. The summed E-state index contributed by atoms with van der Waals surface area (Å²) in [7, 11) is 0. The zero-order valence-corrected chi connectivity index (χ0v) is 9.86. The van der Waals surface area contributed by atoms with E-state index in [1.54, 1.807) is 4.52 Å². The number of rotatable bonds is 3. The van der Waals surface area contributed by atoms with E-state index in [0.717, 1.165) is 11.5 Å². The molecule has 1 unspecified atom stereocenters. The molecule has 0 radical (unpaired) electrons. The summed E-state index contributed by atoms with van der Waals surface area (Å²) in [6, 6.07) is 1.79. The number of hydrogen-bond acceptors (Lipinski definition) is 7. The van der Waals surface area contributed by atoms with E-state index in [0.29, 0.717) is 11.6 Å². The molecule has 0 fully saturated rings. The molecule has 18 heavy (non-hydrogen) atoms. The maximum atomic E-state index is 4.27. The molecule has 0 aromatic carbocycles. The van der Waals surface area contributed by atoms with Crippen LogP contribution in [-0.2, 0) is 0 Å². The summed E-state index contributed by atoms with van der Waals surface area (Å²) < 4.78 is 1.63. The van der Waals surface area contributed by atoms with Crippen molar-refractivity contribution >= 4 is 11.6 Å². The van der Waals surface area contributed by atoms with Gasteiger partial charge < -0.3 is 5.32 Å². The van der Waals surface area contributed by atoms with E-state index in [1.165, 1.54) is 6.33 Å². The highest BCUT2D eigenvalue weighted by atomic mass is 15.5. The van der Waals surface area contributed by atoms with E-state index < -0.39 is 0 Å². The van der Waals surface area contributed by atoms with E-state index in [9.17, 15) is 0 Å². The number of H-pyrrole nitrogens is 1. The van der Waals surface area contributed by atoms with E-state index >= 15 is 0 Å². The number of nitrogens with one attached hydrogen (secondary N) is 2. The van der Waals surface area contributed by atoms with E-state index in [-0.39, 0.29) is 6.04 Å². The van der Waals surface area contributed by atoms with Crippen molar-refractivity contribution < 1.29 is 0 Å². The summed E-state index contributed by atoms with van der Waals surface area (Å²) in [5.41, 5.74) is 0.860. The molecule has 9 nitrogen and oxygen atoms in total. The molecule has 0 saturated heterocycles. The van der Waals surface area contributed by atoms with Gasteiger partial charge in [-0.3, -0.25) is 0 Å². The van der Waals surface area contributed by atoms with Crippen molar-refractivity contribution in [2.75, 3.05) is 5.32 Å². The van der Waals surface area contributed by atoms with Crippen molar-refractivity contribution in [2.24, 2.45) is 0 Å². The van der Waals surface area contributed by atoms with Gasteiger partial charge in [-0.1, -0.05) is 5.21 Å². The third-order valence-corrected chi connectivity index (χ3v) is 2.49. The molecular weight excluding hydrogens is 234 g/mol. The number of hydrogen-bond donors (Lipinski definition) is 2. The Kier molecular flexibility index (Phi) is 2.36. The standard InChI is InChI=1S/C9H11N9/c1-5-3-7(18-9(12-5)10-4-11-18)13-6(2)8-14-16-17-15-8/h3-4,6,13H,1-2H3,(H,14,15,16,17). The van der Waals surface area contributed by atoms with Crippen LogP contribution >= 0.6 is 0 Å². The van der Waals surface area contributed by atoms with Crippen LogP contribution in [0.25, 0.3) is 5.78 Å². The Morgan fingerprint density at radius 3 is 3.11 bits per heavy atom. The monoisotopic (exact) mass is 245 g/mol. The van der Waals surface area contributed by atoms with Crippen molar-refractivity contribution in [1.29, 1.82) is 0 Å². The largest absolute Gasteiger partial charge is 0.360 e. The number of aromatic nitrogens is 8. The second-order valence-electron chi connectivity index (χ2n) is 3.89. The minimum atomic E-state index is -0.0991. The second-order valence-corrected chi connectivity index (χ2v) is 3.89. The lowest BCUT2D eigenvalue weighted by molar-refractivity contribution is 0.773. The minimum Gasteiger partial charge on any atom is -0.360 e. The maximum Gasteiger partial charge on any atom is 0.254 e. The third kappa shape index (κ3) is 1.75. The van der Waals surface area contributed by atoms with Crippen LogP contribution in [0.4, 0.5) is 5.82 Å². The fourth-order valence-electron chi connectivity index (χ4n) is 1.67. The topological polar surface area (TPSA) is 110 Å². The average Bonchev–Trinajstić information content (AvgIpc) is 2.98. The van der Waals surface area contributed by atoms with Gasteiger partial charge in [0.25, 0.3) is 5.78 Å². The van der Waals surface area contributed by atoms with E-state index in [4.69, 9.17) is 0 Å². The van der Waals surface area contributed by atoms with Crippen LogP contribution in [0.2, 0.25) is 0 Å². The Morgan fingerprint density at radius 2 is 2.33 bits per heavy atom. The molecule has 3 aromatic rings. The minimum absolute atomic E-state index is 0.0991. The molecule has 3 aromatic heterocycles. The molecule has 3 rings (SSSR count). The first-order valence-corrected chi connectivity index (χ1v) is 5.41.